The molecule has 0 saturated heterocycles. The van der Waals surface area contributed by atoms with Crippen LogP contribution in [0.5, 0.6) is 0 Å². The molecule has 0 bridgehead atoms. The number of rotatable bonds is 5. The molecule has 2 rings (SSSR count). The summed E-state index contributed by atoms with van der Waals surface area (Å²) in [6.07, 6.45) is 2.12. The van der Waals surface area contributed by atoms with Crippen molar-refractivity contribution in [1.29, 1.82) is 0 Å². The van der Waals surface area contributed by atoms with Crippen LogP contribution in [0, 0.1) is 5.92 Å². The third-order valence-corrected chi connectivity index (χ3v) is 3.85. The molecule has 118 valence electrons. The number of hydrogen-bond acceptors (Lipinski definition) is 3. The second-order valence-corrected chi connectivity index (χ2v) is 5.86. The van der Waals surface area contributed by atoms with E-state index in [2.05, 4.69) is 5.32 Å². The van der Waals surface area contributed by atoms with Crippen LogP contribution in [0.3, 0.4) is 0 Å². The summed E-state index contributed by atoms with van der Waals surface area (Å²) in [5.74, 6) is 0.139. The smallest absolute Gasteiger partial charge is 0.348 e. The second-order valence-electron chi connectivity index (χ2n) is 4.73. The molecule has 1 aliphatic rings. The highest BCUT2D eigenvalue weighted by atomic mass is 35.5. The normalized spacial score (nSPS) is 16.0. The summed E-state index contributed by atoms with van der Waals surface area (Å²) in [5, 5.41) is 2.82. The Kier molecular flexibility index (Phi) is 6.37. The fourth-order valence-electron chi connectivity index (χ4n) is 1.93. The van der Waals surface area contributed by atoms with E-state index in [0.29, 0.717) is 18.0 Å². The zero-order valence-electron chi connectivity index (χ0n) is 11.0. The zero-order chi connectivity index (χ0) is 14.8. The molecular formula is C13H16ClF3N2OS. The number of alkyl halides is 3. The Balaban J connectivity index is 0.00000220. The number of carbonyl (C=O) groups is 1. The highest BCUT2D eigenvalue weighted by Crippen LogP contribution is 2.36. The van der Waals surface area contributed by atoms with Crippen molar-refractivity contribution in [3.05, 3.63) is 29.8 Å². The number of nitrogens with two attached hydrogens (primary N) is 1. The van der Waals surface area contributed by atoms with Gasteiger partial charge < -0.3 is 11.1 Å². The van der Waals surface area contributed by atoms with Crippen LogP contribution in [0.1, 0.15) is 23.2 Å². The predicted octanol–water partition coefficient (Wildman–Crippen LogP) is 3.19. The Bertz CT molecular complexity index is 477. The van der Waals surface area contributed by atoms with Crippen LogP contribution in [-0.2, 0) is 0 Å². The van der Waals surface area contributed by atoms with Gasteiger partial charge in [0.1, 0.15) is 0 Å². The van der Waals surface area contributed by atoms with Gasteiger partial charge in [-0.1, -0.05) is 0 Å². The maximum absolute atomic E-state index is 12.2. The first-order valence-electron chi connectivity index (χ1n) is 6.26. The Hall–Kier alpha value is -0.920. The van der Waals surface area contributed by atoms with Gasteiger partial charge in [0.05, 0.1) is 0 Å². The fraction of sp³-hybridized carbons (Fsp3) is 0.462. The van der Waals surface area contributed by atoms with Gasteiger partial charge in [-0.2, -0.15) is 13.2 Å². The van der Waals surface area contributed by atoms with Crippen molar-refractivity contribution in [3.8, 4) is 0 Å². The first-order chi connectivity index (χ1) is 9.39. The number of halogens is 4. The molecule has 21 heavy (non-hydrogen) atoms. The van der Waals surface area contributed by atoms with Gasteiger partial charge in [-0.05, 0) is 54.8 Å². The Morgan fingerprint density at radius 1 is 1.33 bits per heavy atom. The number of amides is 1. The van der Waals surface area contributed by atoms with Crippen molar-refractivity contribution in [3.63, 3.8) is 0 Å². The van der Waals surface area contributed by atoms with Gasteiger partial charge in [-0.25, -0.2) is 0 Å². The average molecular weight is 341 g/mol. The molecule has 0 spiro atoms. The SMILES string of the molecule is Cl.NCC(NC(=O)c1ccc(SC(F)(F)F)cc1)C1CC1. The van der Waals surface area contributed by atoms with E-state index in [1.807, 2.05) is 0 Å². The van der Waals surface area contributed by atoms with E-state index in [-0.39, 0.29) is 41.0 Å². The molecule has 3 nitrogen and oxygen atoms in total. The number of thioether (sulfide) groups is 1. The van der Waals surface area contributed by atoms with Gasteiger partial charge in [0.2, 0.25) is 0 Å². The lowest BCUT2D eigenvalue weighted by Gasteiger charge is -2.16. The Labute approximate surface area is 131 Å². The minimum absolute atomic E-state index is 0. The molecule has 1 atom stereocenters. The van der Waals surface area contributed by atoms with Crippen LogP contribution in [0.15, 0.2) is 29.2 Å². The van der Waals surface area contributed by atoms with Crippen LogP contribution in [-0.4, -0.2) is 24.0 Å². The van der Waals surface area contributed by atoms with Gasteiger partial charge in [0, 0.05) is 23.0 Å². The predicted molar refractivity (Wildman–Crippen MR) is 78.6 cm³/mol. The molecule has 1 saturated carbocycles. The molecule has 1 aromatic carbocycles. The van der Waals surface area contributed by atoms with Crippen molar-refractivity contribution in [2.24, 2.45) is 11.7 Å². The third-order valence-electron chi connectivity index (χ3n) is 3.11. The quantitative estimate of drug-likeness (QED) is 0.809. The highest BCUT2D eigenvalue weighted by molar-refractivity contribution is 8.00. The average Bonchev–Trinajstić information content (AvgIpc) is 3.19. The van der Waals surface area contributed by atoms with Gasteiger partial charge in [0.15, 0.2) is 0 Å². The third kappa shape index (κ3) is 5.76. The van der Waals surface area contributed by atoms with Gasteiger partial charge in [-0.3, -0.25) is 4.79 Å². The molecule has 3 N–H and O–H groups in total. The van der Waals surface area contributed by atoms with Crippen molar-refractivity contribution in [2.75, 3.05) is 6.54 Å². The molecule has 0 aliphatic heterocycles. The van der Waals surface area contributed by atoms with Gasteiger partial charge in [0.25, 0.3) is 5.91 Å². The minimum Gasteiger partial charge on any atom is -0.348 e. The molecule has 1 amide bonds. The van der Waals surface area contributed by atoms with Crippen LogP contribution < -0.4 is 11.1 Å². The van der Waals surface area contributed by atoms with Crippen LogP contribution in [0.4, 0.5) is 13.2 Å². The zero-order valence-corrected chi connectivity index (χ0v) is 12.7. The van der Waals surface area contributed by atoms with E-state index in [0.717, 1.165) is 12.8 Å². The van der Waals surface area contributed by atoms with E-state index >= 15 is 0 Å². The first-order valence-corrected chi connectivity index (χ1v) is 7.07. The summed E-state index contributed by atoms with van der Waals surface area (Å²) in [4.78, 5) is 12.0. The largest absolute Gasteiger partial charge is 0.446 e. The summed E-state index contributed by atoms with van der Waals surface area (Å²) in [7, 11) is 0. The van der Waals surface area contributed by atoms with Crippen molar-refractivity contribution < 1.29 is 18.0 Å². The summed E-state index contributed by atoms with van der Waals surface area (Å²) in [6, 6.07) is 5.32. The topological polar surface area (TPSA) is 55.1 Å². The lowest BCUT2D eigenvalue weighted by Crippen LogP contribution is -2.41. The van der Waals surface area contributed by atoms with E-state index in [4.69, 9.17) is 5.73 Å². The van der Waals surface area contributed by atoms with E-state index in [9.17, 15) is 18.0 Å². The Morgan fingerprint density at radius 2 is 1.90 bits per heavy atom. The number of hydrogen-bond donors (Lipinski definition) is 2. The molecule has 0 aromatic heterocycles. The monoisotopic (exact) mass is 340 g/mol. The van der Waals surface area contributed by atoms with Crippen LogP contribution in [0.2, 0.25) is 0 Å². The molecule has 8 heteroatoms. The van der Waals surface area contributed by atoms with Crippen molar-refractivity contribution in [2.45, 2.75) is 29.3 Å². The number of benzene rings is 1. The summed E-state index contributed by atoms with van der Waals surface area (Å²) in [6.45, 7) is 0.373. The summed E-state index contributed by atoms with van der Waals surface area (Å²) >= 11 is -0.197. The van der Waals surface area contributed by atoms with E-state index < -0.39 is 5.51 Å². The summed E-state index contributed by atoms with van der Waals surface area (Å²) in [5.41, 5.74) is 1.61. The lowest BCUT2D eigenvalue weighted by atomic mass is 10.1. The molecular weight excluding hydrogens is 325 g/mol. The molecule has 0 heterocycles. The molecule has 0 radical (unpaired) electrons. The highest BCUT2D eigenvalue weighted by Gasteiger charge is 2.31. The number of nitrogens with one attached hydrogen (secondary N) is 1. The second kappa shape index (κ2) is 7.38. The van der Waals surface area contributed by atoms with E-state index in [1.165, 1.54) is 24.3 Å². The molecule has 1 aromatic rings. The summed E-state index contributed by atoms with van der Waals surface area (Å²) < 4.78 is 36.6. The Morgan fingerprint density at radius 3 is 2.33 bits per heavy atom. The number of carbonyl (C=O) groups excluding carboxylic acids is 1. The van der Waals surface area contributed by atoms with Crippen LogP contribution in [0.25, 0.3) is 0 Å². The molecule has 1 aliphatic carbocycles. The van der Waals surface area contributed by atoms with Crippen molar-refractivity contribution in [1.82, 2.24) is 5.32 Å². The maximum atomic E-state index is 12.2. The minimum atomic E-state index is -4.32. The molecule has 1 fully saturated rings. The molecule has 1 unspecified atom stereocenters. The van der Waals surface area contributed by atoms with Gasteiger partial charge >= 0.3 is 5.51 Å². The van der Waals surface area contributed by atoms with Gasteiger partial charge in [-0.15, -0.1) is 12.4 Å². The van der Waals surface area contributed by atoms with E-state index in [1.54, 1.807) is 0 Å². The fourth-order valence-corrected chi connectivity index (χ4v) is 2.47. The maximum Gasteiger partial charge on any atom is 0.446 e. The standard InChI is InChI=1S/C13H15F3N2OS.ClH/c14-13(15,16)20-10-5-3-9(4-6-10)12(19)18-11(7-17)8-1-2-8;/h3-6,8,11H,1-2,7,17H2,(H,18,19);1H. The van der Waals surface area contributed by atoms with Crippen LogP contribution >= 0.6 is 24.2 Å². The lowest BCUT2D eigenvalue weighted by molar-refractivity contribution is -0.0328. The first kappa shape index (κ1) is 18.1. The van der Waals surface area contributed by atoms with Crippen molar-refractivity contribution >= 4 is 30.1 Å².